The van der Waals surface area contributed by atoms with Gasteiger partial charge < -0.3 is 14.8 Å². The van der Waals surface area contributed by atoms with Crippen molar-refractivity contribution in [3.8, 4) is 0 Å². The van der Waals surface area contributed by atoms with Gasteiger partial charge in [-0.15, -0.1) is 0 Å². The molecule has 0 aliphatic rings. The second-order valence-electron chi connectivity index (χ2n) is 5.08. The minimum absolute atomic E-state index is 0.816. The van der Waals surface area contributed by atoms with Crippen LogP contribution in [0.25, 0.3) is 0 Å². The molecular weight excluding hydrogens is 280 g/mol. The summed E-state index contributed by atoms with van der Waals surface area (Å²) in [6.45, 7) is 4.66. The van der Waals surface area contributed by atoms with Gasteiger partial charge in [0.1, 0.15) is 0 Å². The molecule has 0 atom stereocenters. The Kier molecular flexibility index (Phi) is 5.87. The monoisotopic (exact) mass is 304 g/mol. The van der Waals surface area contributed by atoms with Crippen LogP contribution in [0.5, 0.6) is 0 Å². The number of aliphatic imine (C=N–C) groups is 1. The smallest absolute Gasteiger partial charge is 0.194 e. The highest BCUT2D eigenvalue weighted by Gasteiger charge is 2.08. The number of aryl methyl sites for hydroxylation is 1. The molecule has 2 aromatic heterocycles. The number of thiophene rings is 1. The fourth-order valence-electron chi connectivity index (χ4n) is 2.17. The lowest BCUT2D eigenvalue weighted by Crippen LogP contribution is -2.39. The standard InChI is InChI=1S/C16H24N4S/c1-4-17-16(18-9-7-14-8-11-21-13-14)20(3)12-15-6-5-10-19(15)2/h5-6,8,10-11,13H,4,7,9,12H2,1-3H3,(H,17,18). The van der Waals surface area contributed by atoms with Crippen molar-refractivity contribution in [2.45, 2.75) is 19.9 Å². The largest absolute Gasteiger partial charge is 0.357 e. The summed E-state index contributed by atoms with van der Waals surface area (Å²) in [6, 6.07) is 6.38. The first-order valence-corrected chi connectivity index (χ1v) is 8.25. The molecule has 0 aliphatic heterocycles. The molecule has 0 fully saturated rings. The number of hydrogen-bond donors (Lipinski definition) is 1. The zero-order valence-corrected chi connectivity index (χ0v) is 13.9. The Morgan fingerprint density at radius 2 is 2.29 bits per heavy atom. The van der Waals surface area contributed by atoms with Crippen molar-refractivity contribution < 1.29 is 0 Å². The van der Waals surface area contributed by atoms with Crippen LogP contribution in [0.3, 0.4) is 0 Å². The Morgan fingerprint density at radius 1 is 1.43 bits per heavy atom. The predicted octanol–water partition coefficient (Wildman–Crippen LogP) is 2.73. The van der Waals surface area contributed by atoms with E-state index in [-0.39, 0.29) is 0 Å². The second-order valence-corrected chi connectivity index (χ2v) is 5.86. The molecule has 0 bridgehead atoms. The van der Waals surface area contributed by atoms with E-state index in [4.69, 9.17) is 4.99 Å². The summed E-state index contributed by atoms with van der Waals surface area (Å²) in [4.78, 5) is 6.90. The average molecular weight is 304 g/mol. The number of nitrogens with zero attached hydrogens (tertiary/aromatic N) is 3. The van der Waals surface area contributed by atoms with Gasteiger partial charge in [0.15, 0.2) is 5.96 Å². The third-order valence-corrected chi connectivity index (χ3v) is 4.12. The van der Waals surface area contributed by atoms with E-state index in [0.717, 1.165) is 32.0 Å². The Hall–Kier alpha value is -1.75. The molecule has 21 heavy (non-hydrogen) atoms. The molecule has 0 saturated heterocycles. The van der Waals surface area contributed by atoms with Gasteiger partial charge in [0.25, 0.3) is 0 Å². The van der Waals surface area contributed by atoms with Crippen molar-refractivity contribution in [1.82, 2.24) is 14.8 Å². The molecule has 1 N–H and O–H groups in total. The number of guanidine groups is 1. The molecule has 0 spiro atoms. The van der Waals surface area contributed by atoms with Gasteiger partial charge in [0.05, 0.1) is 6.54 Å². The number of aromatic nitrogens is 1. The number of nitrogens with one attached hydrogen (secondary N) is 1. The van der Waals surface area contributed by atoms with Crippen LogP contribution in [0.1, 0.15) is 18.2 Å². The Bertz CT molecular complexity index is 557. The van der Waals surface area contributed by atoms with Gasteiger partial charge in [-0.05, 0) is 47.9 Å². The fourth-order valence-corrected chi connectivity index (χ4v) is 2.88. The van der Waals surface area contributed by atoms with E-state index in [1.807, 2.05) is 0 Å². The highest BCUT2D eigenvalue weighted by molar-refractivity contribution is 7.07. The SMILES string of the molecule is CCNC(=NCCc1ccsc1)N(C)Cc1cccn1C. The predicted molar refractivity (Wildman–Crippen MR) is 90.9 cm³/mol. The molecule has 0 unspecified atom stereocenters. The number of hydrogen-bond acceptors (Lipinski definition) is 2. The number of rotatable bonds is 6. The molecule has 2 aromatic rings. The molecular formula is C16H24N4S. The molecule has 5 heteroatoms. The van der Waals surface area contributed by atoms with Crippen LogP contribution < -0.4 is 5.32 Å². The molecule has 0 saturated carbocycles. The first-order chi connectivity index (χ1) is 10.2. The van der Waals surface area contributed by atoms with Gasteiger partial charge in [0, 0.05) is 39.1 Å². The molecule has 114 valence electrons. The van der Waals surface area contributed by atoms with Crippen LogP contribution in [-0.4, -0.2) is 35.6 Å². The minimum Gasteiger partial charge on any atom is -0.357 e. The molecule has 0 radical (unpaired) electrons. The molecule has 0 amide bonds. The van der Waals surface area contributed by atoms with Gasteiger partial charge in [-0.3, -0.25) is 4.99 Å². The van der Waals surface area contributed by atoms with Gasteiger partial charge >= 0.3 is 0 Å². The quantitative estimate of drug-likeness (QED) is 0.657. The highest BCUT2D eigenvalue weighted by atomic mass is 32.1. The van der Waals surface area contributed by atoms with Gasteiger partial charge in [-0.1, -0.05) is 0 Å². The Balaban J connectivity index is 1.94. The summed E-state index contributed by atoms with van der Waals surface area (Å²) in [5.41, 5.74) is 2.64. The third-order valence-electron chi connectivity index (χ3n) is 3.39. The summed E-state index contributed by atoms with van der Waals surface area (Å²) in [5, 5.41) is 7.67. The van der Waals surface area contributed by atoms with Gasteiger partial charge in [0.2, 0.25) is 0 Å². The molecule has 4 nitrogen and oxygen atoms in total. The maximum atomic E-state index is 4.73. The zero-order valence-electron chi connectivity index (χ0n) is 13.0. The van der Waals surface area contributed by atoms with E-state index < -0.39 is 0 Å². The van der Waals surface area contributed by atoms with Crippen molar-refractivity contribution in [2.24, 2.45) is 12.0 Å². The molecule has 2 heterocycles. The van der Waals surface area contributed by atoms with E-state index in [0.29, 0.717) is 0 Å². The maximum absolute atomic E-state index is 4.73. The van der Waals surface area contributed by atoms with Crippen LogP contribution in [0.2, 0.25) is 0 Å². The lowest BCUT2D eigenvalue weighted by Gasteiger charge is -2.22. The molecule has 0 aromatic carbocycles. The summed E-state index contributed by atoms with van der Waals surface area (Å²) < 4.78 is 2.14. The zero-order chi connectivity index (χ0) is 15.1. The van der Waals surface area contributed by atoms with Crippen molar-refractivity contribution in [3.05, 3.63) is 46.4 Å². The van der Waals surface area contributed by atoms with E-state index in [1.54, 1.807) is 11.3 Å². The van der Waals surface area contributed by atoms with Crippen molar-refractivity contribution in [3.63, 3.8) is 0 Å². The third kappa shape index (κ3) is 4.63. The summed E-state index contributed by atoms with van der Waals surface area (Å²) >= 11 is 1.74. The lowest BCUT2D eigenvalue weighted by atomic mass is 10.2. The maximum Gasteiger partial charge on any atom is 0.194 e. The van der Waals surface area contributed by atoms with Gasteiger partial charge in [-0.2, -0.15) is 11.3 Å². The van der Waals surface area contributed by atoms with E-state index >= 15 is 0 Å². The van der Waals surface area contributed by atoms with Crippen LogP contribution in [0.4, 0.5) is 0 Å². The first-order valence-electron chi connectivity index (χ1n) is 7.31. The second kappa shape index (κ2) is 7.88. The Morgan fingerprint density at radius 3 is 2.90 bits per heavy atom. The normalized spacial score (nSPS) is 11.7. The topological polar surface area (TPSA) is 32.6 Å². The van der Waals surface area contributed by atoms with E-state index in [1.165, 1.54) is 11.3 Å². The van der Waals surface area contributed by atoms with Crippen LogP contribution in [0.15, 0.2) is 40.1 Å². The van der Waals surface area contributed by atoms with Crippen LogP contribution in [-0.2, 0) is 20.0 Å². The van der Waals surface area contributed by atoms with Crippen molar-refractivity contribution in [2.75, 3.05) is 20.1 Å². The molecule has 2 rings (SSSR count). The van der Waals surface area contributed by atoms with Gasteiger partial charge in [-0.25, -0.2) is 0 Å². The van der Waals surface area contributed by atoms with Crippen molar-refractivity contribution >= 4 is 17.3 Å². The van der Waals surface area contributed by atoms with Crippen molar-refractivity contribution in [1.29, 1.82) is 0 Å². The Labute approximate surface area is 131 Å². The minimum atomic E-state index is 0.816. The van der Waals surface area contributed by atoms with E-state index in [2.05, 4.69) is 71.0 Å². The van der Waals surface area contributed by atoms with Crippen LogP contribution in [0, 0.1) is 0 Å². The molecule has 0 aliphatic carbocycles. The summed E-state index contributed by atoms with van der Waals surface area (Å²) in [7, 11) is 4.16. The first kappa shape index (κ1) is 15.6. The summed E-state index contributed by atoms with van der Waals surface area (Å²) in [5.74, 6) is 0.967. The summed E-state index contributed by atoms with van der Waals surface area (Å²) in [6.07, 6.45) is 3.07. The lowest BCUT2D eigenvalue weighted by molar-refractivity contribution is 0.462. The fraction of sp³-hybridized carbons (Fsp3) is 0.438. The average Bonchev–Trinajstić information content (AvgIpc) is 3.10. The van der Waals surface area contributed by atoms with E-state index in [9.17, 15) is 0 Å². The highest BCUT2D eigenvalue weighted by Crippen LogP contribution is 2.07. The van der Waals surface area contributed by atoms with Crippen LogP contribution >= 0.6 is 11.3 Å².